The molecular weight excluding hydrogens is 833 g/mol. The van der Waals surface area contributed by atoms with Crippen LogP contribution in [-0.2, 0) is 0 Å². The largest absolute Gasteiger partial charge is 0.354 e. The summed E-state index contributed by atoms with van der Waals surface area (Å²) < 4.78 is 0. The van der Waals surface area contributed by atoms with Gasteiger partial charge >= 0.3 is 0 Å². The molecule has 16 bridgehead atoms. The van der Waals surface area contributed by atoms with Crippen molar-refractivity contribution >= 4 is 88.5 Å². The monoisotopic (exact) mass is 895 g/mol. The summed E-state index contributed by atoms with van der Waals surface area (Å²) in [7, 11) is 0. The van der Waals surface area contributed by atoms with Crippen LogP contribution in [0.4, 0.5) is 0 Å². The van der Waals surface area contributed by atoms with Crippen molar-refractivity contribution in [3.63, 3.8) is 0 Å². The number of fused-ring (bicyclic) bond motifs is 18. The maximum Gasteiger partial charge on any atom is 0.0907 e. The fraction of sp³-hybridized carbons (Fsp3) is 0.267. The molecule has 2 aliphatic heterocycles. The summed E-state index contributed by atoms with van der Waals surface area (Å²) in [5.74, 6) is 0. The lowest BCUT2D eigenvalue weighted by atomic mass is 9.95. The Bertz CT molecular complexity index is 3820. The van der Waals surface area contributed by atoms with Gasteiger partial charge in [-0.2, -0.15) is 0 Å². The molecule has 68 heavy (non-hydrogen) atoms. The van der Waals surface area contributed by atoms with Gasteiger partial charge in [-0.3, -0.25) is 0 Å². The third kappa shape index (κ3) is 6.11. The Morgan fingerprint density at radius 1 is 0.279 bits per heavy atom. The van der Waals surface area contributed by atoms with Crippen LogP contribution in [0.5, 0.6) is 0 Å². The minimum Gasteiger partial charge on any atom is -0.354 e. The number of aromatic nitrogens is 8. The van der Waals surface area contributed by atoms with E-state index in [1.807, 2.05) is 0 Å². The Balaban J connectivity index is 1.28. The number of rotatable bonds is 2. The number of H-pyrrole nitrogens is 6. The number of allylic oxidation sites excluding steroid dienone is 4. The Kier molecular flexibility index (Phi) is 9.60. The molecule has 0 fully saturated rings. The molecule has 0 aliphatic carbocycles. The summed E-state index contributed by atoms with van der Waals surface area (Å²) in [5, 5.41) is 0. The van der Waals surface area contributed by atoms with E-state index in [0.29, 0.717) is 0 Å². The molecule has 11 rings (SSSR count). The molecule has 0 radical (unpaired) electrons. The smallest absolute Gasteiger partial charge is 0.0907 e. The van der Waals surface area contributed by atoms with Crippen molar-refractivity contribution in [2.45, 2.75) is 111 Å². The molecule has 0 saturated heterocycles. The van der Waals surface area contributed by atoms with Crippen molar-refractivity contribution < 1.29 is 0 Å². The van der Waals surface area contributed by atoms with E-state index in [-0.39, 0.29) is 0 Å². The Labute approximate surface area is 397 Å². The second-order valence-electron chi connectivity index (χ2n) is 20.1. The van der Waals surface area contributed by atoms with Gasteiger partial charge in [0.2, 0.25) is 0 Å². The molecule has 8 aromatic heterocycles. The minimum absolute atomic E-state index is 0.988. The highest BCUT2D eigenvalue weighted by Crippen LogP contribution is 2.42. The second-order valence-corrected chi connectivity index (χ2v) is 20.1. The van der Waals surface area contributed by atoms with Crippen LogP contribution < -0.4 is 0 Å². The van der Waals surface area contributed by atoms with E-state index in [4.69, 9.17) is 9.97 Å². The van der Waals surface area contributed by atoms with Crippen molar-refractivity contribution in [3.8, 4) is 22.3 Å². The number of aromatic amines is 6. The first-order valence-electron chi connectivity index (χ1n) is 24.0. The molecule has 6 N–H and O–H groups in total. The number of nitrogens with one attached hydrogen (secondary N) is 6. The lowest BCUT2D eigenvalue weighted by molar-refractivity contribution is 1.29. The maximum absolute atomic E-state index is 5.32. The first kappa shape index (κ1) is 43.3. The molecule has 342 valence electrons. The summed E-state index contributed by atoms with van der Waals surface area (Å²) in [6, 6.07) is 18.2. The molecule has 2 aliphatic rings. The van der Waals surface area contributed by atoms with Gasteiger partial charge < -0.3 is 29.9 Å². The van der Waals surface area contributed by atoms with Gasteiger partial charge in [0, 0.05) is 44.2 Å². The van der Waals surface area contributed by atoms with Crippen LogP contribution in [0.25, 0.3) is 111 Å². The van der Waals surface area contributed by atoms with Crippen molar-refractivity contribution in [2.75, 3.05) is 0 Å². The van der Waals surface area contributed by atoms with E-state index in [0.717, 1.165) is 111 Å². The molecule has 8 heteroatoms. The minimum atomic E-state index is 0.988. The summed E-state index contributed by atoms with van der Waals surface area (Å²) in [5.41, 5.74) is 40.9. The van der Waals surface area contributed by atoms with Gasteiger partial charge in [-0.05, 0) is 241 Å². The molecule has 0 unspecified atom stereocenters. The molecule has 0 saturated carbocycles. The zero-order valence-corrected chi connectivity index (χ0v) is 42.5. The fourth-order valence-corrected chi connectivity index (χ4v) is 10.9. The standard InChI is InChI=1S/C60H62N8/c1-25-33(9)53-51(54-34(10)26(2)44(62-54)22-48-30(6)38(14)58(66-48)57-37(13)29(5)47(65-57)21-43(25)61-53)41-18-17-19-42(20-41)52-55-35(11)27(3)45(63-55)23-49-31(7)39(15)59(67-49)60-40(16)32(8)50(68-60)24-46-28(4)36(12)56(52)64-46/h17-24,61-65,67H,1-16H3. The summed E-state index contributed by atoms with van der Waals surface area (Å²) in [4.78, 5) is 34.2. The maximum atomic E-state index is 5.32. The third-order valence-corrected chi connectivity index (χ3v) is 16.7. The third-order valence-electron chi connectivity index (χ3n) is 16.7. The van der Waals surface area contributed by atoms with Crippen LogP contribution in [0.3, 0.4) is 0 Å². The highest BCUT2D eigenvalue weighted by atomic mass is 14.8. The molecule has 10 heterocycles. The van der Waals surface area contributed by atoms with Crippen molar-refractivity contribution in [3.05, 3.63) is 138 Å². The predicted molar refractivity (Wildman–Crippen MR) is 290 cm³/mol. The number of benzene rings is 1. The Morgan fingerprint density at radius 3 is 0.853 bits per heavy atom. The molecular formula is C60H62N8. The van der Waals surface area contributed by atoms with Gasteiger partial charge in [-0.15, -0.1) is 0 Å². The molecule has 8 nitrogen and oxygen atoms in total. The van der Waals surface area contributed by atoms with Crippen molar-refractivity contribution in [2.24, 2.45) is 0 Å². The number of hydrogen-bond donors (Lipinski definition) is 6. The molecule has 0 atom stereocenters. The van der Waals surface area contributed by atoms with E-state index in [2.05, 4.69) is 189 Å². The summed E-state index contributed by atoms with van der Waals surface area (Å²) in [6.07, 6.45) is 0. The van der Waals surface area contributed by atoms with E-state index in [1.54, 1.807) is 0 Å². The lowest BCUT2D eigenvalue weighted by Crippen LogP contribution is -1.89. The van der Waals surface area contributed by atoms with Gasteiger partial charge in [-0.1, -0.05) is 18.2 Å². The van der Waals surface area contributed by atoms with Gasteiger partial charge in [0.25, 0.3) is 0 Å². The highest BCUT2D eigenvalue weighted by Gasteiger charge is 2.23. The second kappa shape index (κ2) is 15.1. The first-order valence-corrected chi connectivity index (χ1v) is 24.0. The van der Waals surface area contributed by atoms with E-state index in [9.17, 15) is 0 Å². The van der Waals surface area contributed by atoms with E-state index < -0.39 is 0 Å². The summed E-state index contributed by atoms with van der Waals surface area (Å²) in [6.45, 7) is 35.6. The van der Waals surface area contributed by atoms with Crippen LogP contribution in [0.2, 0.25) is 0 Å². The van der Waals surface area contributed by atoms with Crippen molar-refractivity contribution in [1.82, 2.24) is 39.9 Å². The van der Waals surface area contributed by atoms with Gasteiger partial charge in [0.05, 0.1) is 55.9 Å². The fourth-order valence-electron chi connectivity index (χ4n) is 10.9. The van der Waals surface area contributed by atoms with Gasteiger partial charge in [0.15, 0.2) is 0 Å². The van der Waals surface area contributed by atoms with Gasteiger partial charge in [0.1, 0.15) is 0 Å². The first-order chi connectivity index (χ1) is 32.3. The van der Waals surface area contributed by atoms with Crippen LogP contribution in [0.1, 0.15) is 117 Å². The Hall–Kier alpha value is -7.32. The normalized spacial score (nSPS) is 13.2. The average Bonchev–Trinajstić information content (AvgIpc) is 4.18. The molecule has 1 aromatic carbocycles. The molecule has 9 aromatic rings. The SMILES string of the molecule is CC1=C(C)c2nc1cc1[nH]c(c(C)c1C)c(-c1cccc(-c3c4[nH]c(cc5nc(c6[nH]c(cc7[nH]c3c(C)c7C)c(C)c6C)C(C)=C5C)c(C)c4C)c1)c1[nH]c(cc3[nH]c2c(C)c3C)c(C)c1C. The van der Waals surface area contributed by atoms with Crippen LogP contribution >= 0.6 is 0 Å². The quantitative estimate of drug-likeness (QED) is 0.104. The average molecular weight is 895 g/mol. The highest BCUT2D eigenvalue weighted by molar-refractivity contribution is 6.04. The van der Waals surface area contributed by atoms with Gasteiger partial charge in [-0.25, -0.2) is 9.97 Å². The topological polar surface area (TPSA) is 121 Å². The van der Waals surface area contributed by atoms with Crippen molar-refractivity contribution in [1.29, 1.82) is 0 Å². The van der Waals surface area contributed by atoms with Crippen LogP contribution in [0, 0.1) is 83.1 Å². The molecule has 0 amide bonds. The number of aryl methyl sites for hydroxylation is 12. The van der Waals surface area contributed by atoms with E-state index in [1.165, 1.54) is 89.1 Å². The number of nitrogens with zero attached hydrogens (tertiary/aromatic N) is 2. The van der Waals surface area contributed by atoms with Crippen LogP contribution in [0.15, 0.2) is 48.5 Å². The summed E-state index contributed by atoms with van der Waals surface area (Å²) >= 11 is 0. The lowest BCUT2D eigenvalue weighted by Gasteiger charge is -2.11. The molecule has 0 spiro atoms. The van der Waals surface area contributed by atoms with E-state index >= 15 is 0 Å². The zero-order valence-electron chi connectivity index (χ0n) is 42.5. The zero-order chi connectivity index (χ0) is 48.1. The number of hydrogen-bond acceptors (Lipinski definition) is 2. The predicted octanol–water partition coefficient (Wildman–Crippen LogP) is 16.3. The Morgan fingerprint density at radius 2 is 0.544 bits per heavy atom. The van der Waals surface area contributed by atoms with Crippen LogP contribution in [-0.4, -0.2) is 39.9 Å².